The summed E-state index contributed by atoms with van der Waals surface area (Å²) in [6, 6.07) is 0.190. The molecule has 4 heteroatoms. The SMILES string of the molecule is C=CCC(C)NC(=O)C1CSCN1. The first kappa shape index (κ1) is 10.6. The lowest BCUT2D eigenvalue weighted by Gasteiger charge is -2.15. The zero-order valence-corrected chi connectivity index (χ0v) is 8.69. The van der Waals surface area contributed by atoms with Crippen molar-refractivity contribution in [2.45, 2.75) is 25.4 Å². The number of nitrogens with one attached hydrogen (secondary N) is 2. The van der Waals surface area contributed by atoms with E-state index in [4.69, 9.17) is 0 Å². The maximum Gasteiger partial charge on any atom is 0.238 e. The highest BCUT2D eigenvalue weighted by molar-refractivity contribution is 7.99. The second kappa shape index (κ2) is 5.29. The van der Waals surface area contributed by atoms with Gasteiger partial charge in [0.2, 0.25) is 5.91 Å². The summed E-state index contributed by atoms with van der Waals surface area (Å²) < 4.78 is 0. The molecule has 74 valence electrons. The lowest BCUT2D eigenvalue weighted by atomic mass is 10.2. The van der Waals surface area contributed by atoms with Crippen LogP contribution in [0.25, 0.3) is 0 Å². The van der Waals surface area contributed by atoms with E-state index in [0.29, 0.717) is 0 Å². The van der Waals surface area contributed by atoms with Gasteiger partial charge in [-0.1, -0.05) is 6.08 Å². The number of carbonyl (C=O) groups is 1. The standard InChI is InChI=1S/C9H16N2OS/c1-3-4-7(2)11-9(12)8-5-13-6-10-8/h3,7-8,10H,1,4-6H2,2H3,(H,11,12). The van der Waals surface area contributed by atoms with Gasteiger partial charge in [0.1, 0.15) is 0 Å². The van der Waals surface area contributed by atoms with Crippen LogP contribution in [-0.2, 0) is 4.79 Å². The van der Waals surface area contributed by atoms with Crippen LogP contribution in [0.1, 0.15) is 13.3 Å². The Kier molecular flexibility index (Phi) is 4.32. The fourth-order valence-corrected chi connectivity index (χ4v) is 2.16. The highest BCUT2D eigenvalue weighted by atomic mass is 32.2. The van der Waals surface area contributed by atoms with Crippen LogP contribution in [0.3, 0.4) is 0 Å². The molecule has 1 saturated heterocycles. The Balaban J connectivity index is 2.26. The Labute approximate surface area is 83.3 Å². The molecule has 0 bridgehead atoms. The molecule has 0 spiro atoms. The molecule has 1 aliphatic rings. The summed E-state index contributed by atoms with van der Waals surface area (Å²) in [6.45, 7) is 5.62. The van der Waals surface area contributed by atoms with Gasteiger partial charge in [0, 0.05) is 17.7 Å². The summed E-state index contributed by atoms with van der Waals surface area (Å²) in [4.78, 5) is 11.5. The van der Waals surface area contributed by atoms with E-state index >= 15 is 0 Å². The van der Waals surface area contributed by atoms with Crippen LogP contribution in [-0.4, -0.2) is 29.6 Å². The van der Waals surface area contributed by atoms with Gasteiger partial charge in [0.15, 0.2) is 0 Å². The molecule has 2 N–H and O–H groups in total. The van der Waals surface area contributed by atoms with E-state index in [-0.39, 0.29) is 18.0 Å². The van der Waals surface area contributed by atoms with Gasteiger partial charge in [0.25, 0.3) is 0 Å². The van der Waals surface area contributed by atoms with E-state index in [1.807, 2.05) is 13.0 Å². The molecular weight excluding hydrogens is 184 g/mol. The van der Waals surface area contributed by atoms with E-state index < -0.39 is 0 Å². The monoisotopic (exact) mass is 200 g/mol. The van der Waals surface area contributed by atoms with Crippen LogP contribution >= 0.6 is 11.8 Å². The Morgan fingerprint density at radius 1 is 1.92 bits per heavy atom. The van der Waals surface area contributed by atoms with Crippen molar-refractivity contribution in [2.24, 2.45) is 0 Å². The summed E-state index contributed by atoms with van der Waals surface area (Å²) in [6.07, 6.45) is 2.65. The lowest BCUT2D eigenvalue weighted by molar-refractivity contribution is -0.122. The van der Waals surface area contributed by atoms with Crippen molar-refractivity contribution in [2.75, 3.05) is 11.6 Å². The number of thioether (sulfide) groups is 1. The Hall–Kier alpha value is -0.480. The molecule has 1 heterocycles. The van der Waals surface area contributed by atoms with Crippen LogP contribution in [0, 0.1) is 0 Å². The Morgan fingerprint density at radius 2 is 2.69 bits per heavy atom. The summed E-state index contributed by atoms with van der Waals surface area (Å²) >= 11 is 1.76. The number of hydrogen-bond acceptors (Lipinski definition) is 3. The molecule has 0 aromatic heterocycles. The molecule has 1 fully saturated rings. The highest BCUT2D eigenvalue weighted by Gasteiger charge is 2.22. The number of hydrogen-bond donors (Lipinski definition) is 2. The fraction of sp³-hybridized carbons (Fsp3) is 0.667. The Bertz CT molecular complexity index is 190. The molecule has 0 saturated carbocycles. The van der Waals surface area contributed by atoms with Crippen molar-refractivity contribution in [1.29, 1.82) is 0 Å². The van der Waals surface area contributed by atoms with Gasteiger partial charge in [0.05, 0.1) is 6.04 Å². The molecule has 2 atom stereocenters. The van der Waals surface area contributed by atoms with Crippen molar-refractivity contribution in [3.63, 3.8) is 0 Å². The summed E-state index contributed by atoms with van der Waals surface area (Å²) in [7, 11) is 0. The molecule has 2 unspecified atom stereocenters. The van der Waals surface area contributed by atoms with E-state index in [0.717, 1.165) is 18.1 Å². The van der Waals surface area contributed by atoms with Crippen LogP contribution < -0.4 is 10.6 Å². The lowest BCUT2D eigenvalue weighted by Crippen LogP contribution is -2.45. The first-order valence-corrected chi connectivity index (χ1v) is 5.62. The molecule has 1 amide bonds. The van der Waals surface area contributed by atoms with E-state index in [1.165, 1.54) is 0 Å². The summed E-state index contributed by atoms with van der Waals surface area (Å²) in [5.74, 6) is 1.87. The largest absolute Gasteiger partial charge is 0.352 e. The molecule has 13 heavy (non-hydrogen) atoms. The minimum Gasteiger partial charge on any atom is -0.352 e. The van der Waals surface area contributed by atoms with E-state index in [9.17, 15) is 4.79 Å². The topological polar surface area (TPSA) is 41.1 Å². The van der Waals surface area contributed by atoms with Gasteiger partial charge in [-0.2, -0.15) is 0 Å². The van der Waals surface area contributed by atoms with Crippen molar-refractivity contribution >= 4 is 17.7 Å². The molecule has 1 rings (SSSR count). The van der Waals surface area contributed by atoms with Gasteiger partial charge >= 0.3 is 0 Å². The third-order valence-corrected chi connectivity index (χ3v) is 2.88. The van der Waals surface area contributed by atoms with Gasteiger partial charge < -0.3 is 5.32 Å². The first-order valence-electron chi connectivity index (χ1n) is 4.46. The normalized spacial score (nSPS) is 23.9. The van der Waals surface area contributed by atoms with Gasteiger partial charge in [-0.15, -0.1) is 18.3 Å². The Morgan fingerprint density at radius 3 is 3.23 bits per heavy atom. The predicted octanol–water partition coefficient (Wildman–Crippen LogP) is 0.730. The van der Waals surface area contributed by atoms with Crippen LogP contribution in [0.2, 0.25) is 0 Å². The maximum absolute atomic E-state index is 11.5. The highest BCUT2D eigenvalue weighted by Crippen LogP contribution is 2.09. The minimum absolute atomic E-state index is 0.00253. The fourth-order valence-electron chi connectivity index (χ4n) is 1.22. The first-order chi connectivity index (χ1) is 6.24. The number of amides is 1. The third kappa shape index (κ3) is 3.40. The molecule has 3 nitrogen and oxygen atoms in total. The minimum atomic E-state index is -0.00253. The number of rotatable bonds is 4. The molecule has 1 aliphatic heterocycles. The zero-order chi connectivity index (χ0) is 9.68. The van der Waals surface area contributed by atoms with E-state index in [1.54, 1.807) is 11.8 Å². The second-order valence-electron chi connectivity index (χ2n) is 3.21. The average Bonchev–Trinajstić information content (AvgIpc) is 2.55. The van der Waals surface area contributed by atoms with Gasteiger partial charge in [-0.25, -0.2) is 0 Å². The average molecular weight is 200 g/mol. The van der Waals surface area contributed by atoms with Gasteiger partial charge in [-0.3, -0.25) is 10.1 Å². The smallest absolute Gasteiger partial charge is 0.238 e. The molecular formula is C9H16N2OS. The van der Waals surface area contributed by atoms with E-state index in [2.05, 4.69) is 17.2 Å². The third-order valence-electron chi connectivity index (χ3n) is 1.94. The van der Waals surface area contributed by atoms with Crippen LogP contribution in [0.5, 0.6) is 0 Å². The maximum atomic E-state index is 11.5. The second-order valence-corrected chi connectivity index (χ2v) is 4.24. The molecule has 0 aromatic rings. The van der Waals surface area contributed by atoms with Crippen LogP contribution in [0.15, 0.2) is 12.7 Å². The predicted molar refractivity (Wildman–Crippen MR) is 56.7 cm³/mol. The molecule has 0 aliphatic carbocycles. The quantitative estimate of drug-likeness (QED) is 0.657. The zero-order valence-electron chi connectivity index (χ0n) is 7.88. The van der Waals surface area contributed by atoms with Crippen molar-refractivity contribution in [3.8, 4) is 0 Å². The molecule has 0 radical (unpaired) electrons. The van der Waals surface area contributed by atoms with Crippen molar-refractivity contribution < 1.29 is 4.79 Å². The summed E-state index contributed by atoms with van der Waals surface area (Å²) in [5.41, 5.74) is 0. The van der Waals surface area contributed by atoms with Crippen LogP contribution in [0.4, 0.5) is 0 Å². The van der Waals surface area contributed by atoms with Crippen molar-refractivity contribution in [3.05, 3.63) is 12.7 Å². The van der Waals surface area contributed by atoms with Crippen molar-refractivity contribution in [1.82, 2.24) is 10.6 Å². The number of carbonyl (C=O) groups excluding carboxylic acids is 1. The van der Waals surface area contributed by atoms with Gasteiger partial charge in [-0.05, 0) is 13.3 Å². The summed E-state index contributed by atoms with van der Waals surface area (Å²) in [5, 5.41) is 6.07. The molecule has 0 aromatic carbocycles.